The number of carbonyl (C=O) groups excluding carboxylic acids is 1. The Balaban J connectivity index is 1.96. The Morgan fingerprint density at radius 2 is 2.00 bits per heavy atom. The molecule has 1 aromatic rings. The summed E-state index contributed by atoms with van der Waals surface area (Å²) in [6, 6.07) is 0. The van der Waals surface area contributed by atoms with Crippen LogP contribution in [-0.4, -0.2) is 57.8 Å². The van der Waals surface area contributed by atoms with Crippen LogP contribution in [0, 0.1) is 0 Å². The van der Waals surface area contributed by atoms with E-state index in [-0.39, 0.29) is 12.7 Å². The number of piperazine rings is 1. The molecule has 1 amide bonds. The van der Waals surface area contributed by atoms with Crippen molar-refractivity contribution in [2.75, 3.05) is 31.1 Å². The Morgan fingerprint density at radius 1 is 1.33 bits per heavy atom. The fraction of sp³-hybridized carbons (Fsp3) is 0.643. The largest absolute Gasteiger partial charge is 0.444 e. The molecule has 1 saturated heterocycles. The van der Waals surface area contributed by atoms with E-state index in [0.717, 1.165) is 5.82 Å². The van der Waals surface area contributed by atoms with Gasteiger partial charge in [0.25, 0.3) is 0 Å². The normalized spacial score (nSPS) is 16.0. The topological polar surface area (TPSA) is 78.8 Å². The van der Waals surface area contributed by atoms with Crippen molar-refractivity contribution in [1.29, 1.82) is 0 Å². The Morgan fingerprint density at radius 3 is 2.57 bits per heavy atom. The zero-order chi connectivity index (χ0) is 15.5. The van der Waals surface area contributed by atoms with E-state index in [1.54, 1.807) is 11.1 Å². The number of hydrogen-bond acceptors (Lipinski definition) is 6. The number of aromatic nitrogens is 2. The standard InChI is InChI=1S/C14H22N4O3/c1-14(2,3)21-13(20)18-6-4-17(5-7-18)12-11(9-19)8-15-10-16-12/h8,10,19H,4-7,9H2,1-3H3. The summed E-state index contributed by atoms with van der Waals surface area (Å²) in [4.78, 5) is 23.9. The summed E-state index contributed by atoms with van der Waals surface area (Å²) in [5.74, 6) is 0.733. The van der Waals surface area contributed by atoms with Crippen LogP contribution in [0.1, 0.15) is 26.3 Å². The summed E-state index contributed by atoms with van der Waals surface area (Å²) in [7, 11) is 0. The molecule has 1 N–H and O–H groups in total. The first-order valence-electron chi connectivity index (χ1n) is 7.03. The van der Waals surface area contributed by atoms with E-state index in [0.29, 0.717) is 31.7 Å². The van der Waals surface area contributed by atoms with E-state index in [1.807, 2.05) is 25.7 Å². The monoisotopic (exact) mass is 294 g/mol. The van der Waals surface area contributed by atoms with Crippen LogP contribution in [0.4, 0.5) is 10.6 Å². The van der Waals surface area contributed by atoms with Crippen molar-refractivity contribution in [2.45, 2.75) is 33.0 Å². The Labute approximate surface area is 124 Å². The van der Waals surface area contributed by atoms with Gasteiger partial charge in [0.2, 0.25) is 0 Å². The minimum absolute atomic E-state index is 0.0948. The fourth-order valence-electron chi connectivity index (χ4n) is 2.18. The van der Waals surface area contributed by atoms with Gasteiger partial charge in [0.1, 0.15) is 17.7 Å². The van der Waals surface area contributed by atoms with Crippen molar-refractivity contribution in [3.63, 3.8) is 0 Å². The number of amides is 1. The van der Waals surface area contributed by atoms with Crippen LogP contribution >= 0.6 is 0 Å². The highest BCUT2D eigenvalue weighted by atomic mass is 16.6. The number of aliphatic hydroxyl groups is 1. The highest BCUT2D eigenvalue weighted by Crippen LogP contribution is 2.19. The smallest absolute Gasteiger partial charge is 0.410 e. The van der Waals surface area contributed by atoms with Crippen LogP contribution in [-0.2, 0) is 11.3 Å². The predicted octanol–water partition coefficient (Wildman–Crippen LogP) is 1.03. The first-order valence-corrected chi connectivity index (χ1v) is 7.03. The average molecular weight is 294 g/mol. The first-order chi connectivity index (χ1) is 9.90. The van der Waals surface area contributed by atoms with Crippen LogP contribution in [0.15, 0.2) is 12.5 Å². The summed E-state index contributed by atoms with van der Waals surface area (Å²) < 4.78 is 5.37. The first kappa shape index (κ1) is 15.5. The maximum Gasteiger partial charge on any atom is 0.410 e. The lowest BCUT2D eigenvalue weighted by Gasteiger charge is -2.36. The van der Waals surface area contributed by atoms with E-state index in [2.05, 4.69) is 9.97 Å². The number of hydrogen-bond donors (Lipinski definition) is 1. The third kappa shape index (κ3) is 4.04. The van der Waals surface area contributed by atoms with Crippen LogP contribution in [0.2, 0.25) is 0 Å². The van der Waals surface area contributed by atoms with Crippen LogP contribution in [0.5, 0.6) is 0 Å². The Kier molecular flexibility index (Phi) is 4.62. The van der Waals surface area contributed by atoms with Crippen molar-refractivity contribution >= 4 is 11.9 Å². The lowest BCUT2D eigenvalue weighted by Crippen LogP contribution is -2.50. The van der Waals surface area contributed by atoms with Gasteiger partial charge in [-0.05, 0) is 20.8 Å². The van der Waals surface area contributed by atoms with Gasteiger partial charge in [-0.3, -0.25) is 0 Å². The van der Waals surface area contributed by atoms with Crippen molar-refractivity contribution in [1.82, 2.24) is 14.9 Å². The zero-order valence-electron chi connectivity index (χ0n) is 12.7. The summed E-state index contributed by atoms with van der Waals surface area (Å²) in [6.45, 7) is 7.93. The molecule has 0 spiro atoms. The highest BCUT2D eigenvalue weighted by molar-refractivity contribution is 5.68. The molecule has 116 valence electrons. The van der Waals surface area contributed by atoms with Gasteiger partial charge in [0, 0.05) is 37.9 Å². The molecule has 1 fully saturated rings. The van der Waals surface area contributed by atoms with Gasteiger partial charge < -0.3 is 19.6 Å². The second-order valence-electron chi connectivity index (χ2n) is 5.98. The van der Waals surface area contributed by atoms with Crippen molar-refractivity contribution in [2.24, 2.45) is 0 Å². The quantitative estimate of drug-likeness (QED) is 0.877. The van der Waals surface area contributed by atoms with Crippen LogP contribution in [0.3, 0.4) is 0 Å². The molecule has 0 radical (unpaired) electrons. The van der Waals surface area contributed by atoms with Crippen molar-refractivity contribution in [3.8, 4) is 0 Å². The zero-order valence-corrected chi connectivity index (χ0v) is 12.7. The molecule has 21 heavy (non-hydrogen) atoms. The molecule has 7 heteroatoms. The third-order valence-electron chi connectivity index (χ3n) is 3.17. The number of nitrogens with zero attached hydrogens (tertiary/aromatic N) is 4. The summed E-state index contributed by atoms with van der Waals surface area (Å²) >= 11 is 0. The molecular weight excluding hydrogens is 272 g/mol. The number of rotatable bonds is 2. The average Bonchev–Trinajstić information content (AvgIpc) is 2.45. The molecule has 2 rings (SSSR count). The number of aliphatic hydroxyl groups excluding tert-OH is 1. The minimum Gasteiger partial charge on any atom is -0.444 e. The van der Waals surface area contributed by atoms with E-state index in [9.17, 15) is 9.90 Å². The van der Waals surface area contributed by atoms with Gasteiger partial charge in [-0.15, -0.1) is 0 Å². The molecule has 2 heterocycles. The van der Waals surface area contributed by atoms with Gasteiger partial charge in [-0.25, -0.2) is 14.8 Å². The molecule has 1 aromatic heterocycles. The van der Waals surface area contributed by atoms with Gasteiger partial charge in [0.15, 0.2) is 0 Å². The molecule has 0 atom stereocenters. The summed E-state index contributed by atoms with van der Waals surface area (Å²) in [5, 5.41) is 9.33. The third-order valence-corrected chi connectivity index (χ3v) is 3.17. The van der Waals surface area contributed by atoms with Crippen molar-refractivity contribution in [3.05, 3.63) is 18.1 Å². The lowest BCUT2D eigenvalue weighted by atomic mass is 10.2. The number of carbonyl (C=O) groups is 1. The molecule has 0 bridgehead atoms. The van der Waals surface area contributed by atoms with Gasteiger partial charge >= 0.3 is 6.09 Å². The fourth-order valence-corrected chi connectivity index (χ4v) is 2.18. The van der Waals surface area contributed by atoms with Crippen LogP contribution in [0.25, 0.3) is 0 Å². The van der Waals surface area contributed by atoms with E-state index < -0.39 is 5.60 Å². The molecule has 0 aromatic carbocycles. The van der Waals surface area contributed by atoms with E-state index >= 15 is 0 Å². The second-order valence-corrected chi connectivity index (χ2v) is 5.98. The molecule has 0 saturated carbocycles. The summed E-state index contributed by atoms with van der Waals surface area (Å²) in [6.07, 6.45) is 2.80. The van der Waals surface area contributed by atoms with Crippen LogP contribution < -0.4 is 4.90 Å². The number of ether oxygens (including phenoxy) is 1. The molecule has 0 aliphatic carbocycles. The van der Waals surface area contributed by atoms with Gasteiger partial charge in [0.05, 0.1) is 6.61 Å². The van der Waals surface area contributed by atoms with Gasteiger partial charge in [-0.2, -0.15) is 0 Å². The minimum atomic E-state index is -0.481. The molecular formula is C14H22N4O3. The predicted molar refractivity (Wildman–Crippen MR) is 78.0 cm³/mol. The summed E-state index contributed by atoms with van der Waals surface area (Å²) in [5.41, 5.74) is 0.216. The van der Waals surface area contributed by atoms with E-state index in [4.69, 9.17) is 4.74 Å². The molecule has 0 unspecified atom stereocenters. The Bertz CT molecular complexity index is 493. The number of anilines is 1. The second kappa shape index (κ2) is 6.26. The van der Waals surface area contributed by atoms with Crippen molar-refractivity contribution < 1.29 is 14.6 Å². The maximum absolute atomic E-state index is 12.0. The lowest BCUT2D eigenvalue weighted by molar-refractivity contribution is 0.0240. The van der Waals surface area contributed by atoms with Gasteiger partial charge in [-0.1, -0.05) is 0 Å². The van der Waals surface area contributed by atoms with E-state index in [1.165, 1.54) is 6.33 Å². The molecule has 7 nitrogen and oxygen atoms in total. The Hall–Kier alpha value is -1.89. The SMILES string of the molecule is CC(C)(C)OC(=O)N1CCN(c2ncncc2CO)CC1. The maximum atomic E-state index is 12.0. The molecule has 1 aliphatic rings. The highest BCUT2D eigenvalue weighted by Gasteiger charge is 2.26. The molecule has 1 aliphatic heterocycles.